The second kappa shape index (κ2) is 9.55. The Morgan fingerprint density at radius 2 is 1.66 bits per heavy atom. The fourth-order valence-corrected chi connectivity index (χ4v) is 3.11. The third-order valence-electron chi connectivity index (χ3n) is 4.58. The van der Waals surface area contributed by atoms with Crippen molar-refractivity contribution in [2.75, 3.05) is 11.5 Å². The molecule has 0 unspecified atom stereocenters. The van der Waals surface area contributed by atoms with Gasteiger partial charge in [-0.1, -0.05) is 55.5 Å². The predicted octanol–water partition coefficient (Wildman–Crippen LogP) is 4.56. The molecule has 0 aliphatic carbocycles. The number of carbonyl (C=O) groups excluding carboxylic acids is 1. The smallest absolute Gasteiger partial charge is 0.335 e. The Hall–Kier alpha value is -3.60. The zero-order valence-corrected chi connectivity index (χ0v) is 16.2. The van der Waals surface area contributed by atoms with E-state index in [4.69, 9.17) is 4.74 Å². The normalized spacial score (nSPS) is 10.4. The van der Waals surface area contributed by atoms with Crippen LogP contribution < -0.4 is 9.64 Å². The average molecular weight is 389 g/mol. The van der Waals surface area contributed by atoms with Crippen LogP contribution >= 0.6 is 0 Å². The molecule has 29 heavy (non-hydrogen) atoms. The summed E-state index contributed by atoms with van der Waals surface area (Å²) in [6.07, 6.45) is 0.772. The summed E-state index contributed by atoms with van der Waals surface area (Å²) >= 11 is 0. The van der Waals surface area contributed by atoms with E-state index in [0.29, 0.717) is 5.75 Å². The van der Waals surface area contributed by atoms with Crippen molar-refractivity contribution < 1.29 is 19.4 Å². The van der Waals surface area contributed by atoms with Crippen molar-refractivity contribution in [2.45, 2.75) is 19.9 Å². The average Bonchev–Trinajstić information content (AvgIpc) is 2.76. The summed E-state index contributed by atoms with van der Waals surface area (Å²) in [4.78, 5) is 26.1. The summed E-state index contributed by atoms with van der Waals surface area (Å²) < 4.78 is 5.66. The minimum absolute atomic E-state index is 0.110. The van der Waals surface area contributed by atoms with Gasteiger partial charge in [0.15, 0.2) is 6.61 Å². The molecule has 3 rings (SSSR count). The first-order chi connectivity index (χ1) is 14.1. The highest BCUT2D eigenvalue weighted by Gasteiger charge is 2.20. The molecule has 0 aromatic heterocycles. The highest BCUT2D eigenvalue weighted by Crippen LogP contribution is 2.24. The molecule has 0 radical (unpaired) electrons. The van der Waals surface area contributed by atoms with E-state index in [1.54, 1.807) is 29.2 Å². The molecular weight excluding hydrogens is 366 g/mol. The van der Waals surface area contributed by atoms with Crippen LogP contribution in [0.15, 0.2) is 78.9 Å². The number of amides is 1. The van der Waals surface area contributed by atoms with E-state index >= 15 is 0 Å². The molecule has 0 bridgehead atoms. The number of anilines is 1. The van der Waals surface area contributed by atoms with Gasteiger partial charge in [0, 0.05) is 5.69 Å². The molecule has 0 spiro atoms. The zero-order chi connectivity index (χ0) is 20.6. The van der Waals surface area contributed by atoms with Crippen LogP contribution in [0.4, 0.5) is 5.69 Å². The first-order valence-electron chi connectivity index (χ1n) is 9.47. The number of hydrogen-bond acceptors (Lipinski definition) is 3. The molecule has 0 aliphatic heterocycles. The van der Waals surface area contributed by atoms with E-state index < -0.39 is 5.97 Å². The summed E-state index contributed by atoms with van der Waals surface area (Å²) in [5.41, 5.74) is 2.77. The molecule has 0 atom stereocenters. The summed E-state index contributed by atoms with van der Waals surface area (Å²) in [5.74, 6) is -0.570. The van der Waals surface area contributed by atoms with Crippen LogP contribution in [0, 0.1) is 0 Å². The van der Waals surface area contributed by atoms with Gasteiger partial charge < -0.3 is 14.7 Å². The third-order valence-corrected chi connectivity index (χ3v) is 4.58. The van der Waals surface area contributed by atoms with Crippen LogP contribution in [0.1, 0.15) is 28.4 Å². The molecule has 0 saturated heterocycles. The number of carboxylic acids is 1. The Morgan fingerprint density at radius 1 is 0.931 bits per heavy atom. The van der Waals surface area contributed by atoms with Crippen LogP contribution in [0.5, 0.6) is 5.75 Å². The van der Waals surface area contributed by atoms with Gasteiger partial charge >= 0.3 is 5.97 Å². The van der Waals surface area contributed by atoms with E-state index in [0.717, 1.165) is 23.2 Å². The van der Waals surface area contributed by atoms with Gasteiger partial charge in [-0.05, 0) is 47.9 Å². The lowest BCUT2D eigenvalue weighted by molar-refractivity contribution is -0.120. The number of nitrogens with zero attached hydrogens (tertiary/aromatic N) is 1. The molecule has 1 N–H and O–H groups in total. The number of aryl methyl sites for hydroxylation is 1. The Morgan fingerprint density at radius 3 is 2.38 bits per heavy atom. The van der Waals surface area contributed by atoms with E-state index in [1.165, 1.54) is 6.07 Å². The number of aromatic carboxylic acids is 1. The number of hydrogen-bond donors (Lipinski definition) is 1. The topological polar surface area (TPSA) is 66.8 Å². The van der Waals surface area contributed by atoms with Crippen molar-refractivity contribution in [1.82, 2.24) is 0 Å². The molecule has 0 saturated carbocycles. The van der Waals surface area contributed by atoms with E-state index in [1.807, 2.05) is 55.5 Å². The van der Waals surface area contributed by atoms with Gasteiger partial charge in [-0.25, -0.2) is 4.79 Å². The van der Waals surface area contributed by atoms with Crippen molar-refractivity contribution >= 4 is 17.6 Å². The van der Waals surface area contributed by atoms with E-state index in [9.17, 15) is 14.7 Å². The van der Waals surface area contributed by atoms with Gasteiger partial charge in [-0.2, -0.15) is 0 Å². The standard InChI is InChI=1S/C24H23NO4/c1-2-19-10-6-7-14-22(19)25(16-18-9-8-11-20(15-18)24(27)28)23(26)17-29-21-12-4-3-5-13-21/h3-15H,2,16-17H2,1H3,(H,27,28). The predicted molar refractivity (Wildman–Crippen MR) is 112 cm³/mol. The Balaban J connectivity index is 1.88. The minimum Gasteiger partial charge on any atom is -0.484 e. The van der Waals surface area contributed by atoms with Gasteiger partial charge in [-0.3, -0.25) is 4.79 Å². The van der Waals surface area contributed by atoms with Gasteiger partial charge in [0.25, 0.3) is 5.91 Å². The number of para-hydroxylation sites is 2. The van der Waals surface area contributed by atoms with Crippen LogP contribution in [0.3, 0.4) is 0 Å². The molecule has 0 fully saturated rings. The molecule has 3 aromatic carbocycles. The molecule has 5 nitrogen and oxygen atoms in total. The molecule has 3 aromatic rings. The second-order valence-electron chi connectivity index (χ2n) is 6.57. The van der Waals surface area contributed by atoms with Crippen molar-refractivity contribution in [3.05, 3.63) is 95.6 Å². The maximum Gasteiger partial charge on any atom is 0.335 e. The lowest BCUT2D eigenvalue weighted by atomic mass is 10.1. The molecule has 148 valence electrons. The van der Waals surface area contributed by atoms with Crippen LogP contribution in [-0.4, -0.2) is 23.6 Å². The lowest BCUT2D eigenvalue weighted by Gasteiger charge is -2.25. The largest absolute Gasteiger partial charge is 0.484 e. The Kier molecular flexibility index (Phi) is 6.63. The fourth-order valence-electron chi connectivity index (χ4n) is 3.11. The molecule has 5 heteroatoms. The van der Waals surface area contributed by atoms with Crippen molar-refractivity contribution in [1.29, 1.82) is 0 Å². The minimum atomic E-state index is -0.994. The second-order valence-corrected chi connectivity index (χ2v) is 6.57. The molecule has 0 aliphatic rings. The van der Waals surface area contributed by atoms with Gasteiger partial charge in [-0.15, -0.1) is 0 Å². The SMILES string of the molecule is CCc1ccccc1N(Cc1cccc(C(=O)O)c1)C(=O)COc1ccccc1. The summed E-state index contributed by atoms with van der Waals surface area (Å²) in [5, 5.41) is 9.26. The van der Waals surface area contributed by atoms with Crippen molar-refractivity contribution in [3.63, 3.8) is 0 Å². The Bertz CT molecular complexity index is 985. The van der Waals surface area contributed by atoms with Gasteiger partial charge in [0.1, 0.15) is 5.75 Å². The number of benzene rings is 3. The monoisotopic (exact) mass is 389 g/mol. The maximum atomic E-state index is 13.1. The van der Waals surface area contributed by atoms with Crippen molar-refractivity contribution in [2.24, 2.45) is 0 Å². The number of ether oxygens (including phenoxy) is 1. The number of carboxylic acid groups (broad SMARTS) is 1. The number of rotatable bonds is 8. The highest BCUT2D eigenvalue weighted by molar-refractivity contribution is 5.95. The van der Waals surface area contributed by atoms with Crippen LogP contribution in [0.2, 0.25) is 0 Å². The molecular formula is C24H23NO4. The quantitative estimate of drug-likeness (QED) is 0.613. The fraction of sp³-hybridized carbons (Fsp3) is 0.167. The molecule has 1 amide bonds. The van der Waals surface area contributed by atoms with Crippen LogP contribution in [0.25, 0.3) is 0 Å². The highest BCUT2D eigenvalue weighted by atomic mass is 16.5. The zero-order valence-electron chi connectivity index (χ0n) is 16.2. The molecule has 0 heterocycles. The maximum absolute atomic E-state index is 13.1. The number of carbonyl (C=O) groups is 2. The van der Waals surface area contributed by atoms with Crippen molar-refractivity contribution in [3.8, 4) is 5.75 Å². The first kappa shape index (κ1) is 20.1. The summed E-state index contributed by atoms with van der Waals surface area (Å²) in [6.45, 7) is 2.18. The van der Waals surface area contributed by atoms with Gasteiger partial charge in [0.2, 0.25) is 0 Å². The summed E-state index contributed by atoms with van der Waals surface area (Å²) in [7, 11) is 0. The first-order valence-corrected chi connectivity index (χ1v) is 9.47. The van der Waals surface area contributed by atoms with E-state index in [-0.39, 0.29) is 24.6 Å². The third kappa shape index (κ3) is 5.23. The summed E-state index contributed by atoms with van der Waals surface area (Å²) in [6, 6.07) is 23.5. The van der Waals surface area contributed by atoms with Gasteiger partial charge in [0.05, 0.1) is 12.1 Å². The van der Waals surface area contributed by atoms with Crippen LogP contribution in [-0.2, 0) is 17.8 Å². The van der Waals surface area contributed by atoms with E-state index in [2.05, 4.69) is 0 Å². The Labute approximate surface area is 170 Å². The lowest BCUT2D eigenvalue weighted by Crippen LogP contribution is -2.35.